The Bertz CT molecular complexity index is 363. The second-order valence-electron chi connectivity index (χ2n) is 4.77. The molecule has 0 N–H and O–H groups in total. The number of nitrogens with zero attached hydrogens (tertiary/aromatic N) is 2. The Kier molecular flexibility index (Phi) is 5.36. The Morgan fingerprint density at radius 2 is 1.82 bits per heavy atom. The summed E-state index contributed by atoms with van der Waals surface area (Å²) in [6.45, 7) is 10.4. The van der Waals surface area contributed by atoms with Crippen LogP contribution in [0, 0.1) is 0 Å². The van der Waals surface area contributed by atoms with E-state index in [1.165, 1.54) is 11.1 Å². The van der Waals surface area contributed by atoms with Gasteiger partial charge >= 0.3 is 0 Å². The molecule has 0 saturated carbocycles. The van der Waals surface area contributed by atoms with Crippen molar-refractivity contribution in [2.24, 2.45) is 4.99 Å². The minimum Gasteiger partial charge on any atom is -0.300 e. The van der Waals surface area contributed by atoms with E-state index in [0.717, 1.165) is 18.8 Å². The van der Waals surface area contributed by atoms with Crippen LogP contribution in [-0.2, 0) is 6.54 Å². The molecule has 0 amide bonds. The molecule has 0 aliphatic rings. The molecular weight excluding hydrogens is 208 g/mol. The summed E-state index contributed by atoms with van der Waals surface area (Å²) < 4.78 is 0. The summed E-state index contributed by atoms with van der Waals surface area (Å²) >= 11 is 0. The van der Waals surface area contributed by atoms with Crippen molar-refractivity contribution in [2.75, 3.05) is 13.6 Å². The second-order valence-corrected chi connectivity index (χ2v) is 4.77. The van der Waals surface area contributed by atoms with E-state index >= 15 is 0 Å². The molecular formula is C15H24N2. The molecule has 0 aromatic heterocycles. The number of hydrogen-bond donors (Lipinski definition) is 0. The summed E-state index contributed by atoms with van der Waals surface area (Å²) in [7, 11) is 2.16. The van der Waals surface area contributed by atoms with Crippen molar-refractivity contribution in [1.29, 1.82) is 0 Å². The summed E-state index contributed by atoms with van der Waals surface area (Å²) in [5.74, 6) is 0. The highest BCUT2D eigenvalue weighted by molar-refractivity contribution is 5.98. The first-order valence-corrected chi connectivity index (χ1v) is 6.35. The van der Waals surface area contributed by atoms with E-state index < -0.39 is 0 Å². The first-order valence-electron chi connectivity index (χ1n) is 6.35. The number of rotatable bonds is 5. The lowest BCUT2D eigenvalue weighted by molar-refractivity contribution is 0.266. The van der Waals surface area contributed by atoms with Gasteiger partial charge in [0.2, 0.25) is 0 Å². The molecule has 0 radical (unpaired) electrons. The Morgan fingerprint density at radius 1 is 1.24 bits per heavy atom. The summed E-state index contributed by atoms with van der Waals surface area (Å²) in [6, 6.07) is 9.31. The Labute approximate surface area is 105 Å². The predicted octanol–water partition coefficient (Wildman–Crippen LogP) is 3.36. The molecule has 1 aromatic rings. The maximum Gasteiger partial charge on any atom is 0.0389 e. The summed E-state index contributed by atoms with van der Waals surface area (Å²) in [4.78, 5) is 6.76. The van der Waals surface area contributed by atoms with Crippen LogP contribution in [0.2, 0.25) is 0 Å². The molecule has 1 rings (SSSR count). The maximum absolute atomic E-state index is 4.42. The topological polar surface area (TPSA) is 15.6 Å². The zero-order valence-corrected chi connectivity index (χ0v) is 11.7. The quantitative estimate of drug-likeness (QED) is 0.711. The van der Waals surface area contributed by atoms with Crippen LogP contribution >= 0.6 is 0 Å². The largest absolute Gasteiger partial charge is 0.300 e. The summed E-state index contributed by atoms with van der Waals surface area (Å²) in [5.41, 5.74) is 3.70. The third-order valence-corrected chi connectivity index (χ3v) is 3.08. The van der Waals surface area contributed by atoms with Crippen LogP contribution < -0.4 is 0 Å². The van der Waals surface area contributed by atoms with E-state index in [0.29, 0.717) is 6.04 Å². The van der Waals surface area contributed by atoms with E-state index in [4.69, 9.17) is 0 Å². The van der Waals surface area contributed by atoms with Crippen LogP contribution in [0.25, 0.3) is 0 Å². The molecule has 0 spiro atoms. The first-order chi connectivity index (χ1) is 8.04. The van der Waals surface area contributed by atoms with Crippen LogP contribution in [0.15, 0.2) is 29.3 Å². The molecule has 0 atom stereocenters. The van der Waals surface area contributed by atoms with Gasteiger partial charge in [-0.15, -0.1) is 0 Å². The third kappa shape index (κ3) is 4.31. The predicted molar refractivity (Wildman–Crippen MR) is 75.8 cm³/mol. The van der Waals surface area contributed by atoms with Crippen molar-refractivity contribution in [3.63, 3.8) is 0 Å². The van der Waals surface area contributed by atoms with Gasteiger partial charge in [-0.3, -0.25) is 9.89 Å². The van der Waals surface area contributed by atoms with E-state index in [9.17, 15) is 0 Å². The smallest absolute Gasteiger partial charge is 0.0389 e. The normalized spacial score (nSPS) is 12.5. The van der Waals surface area contributed by atoms with Gasteiger partial charge in [0.15, 0.2) is 0 Å². The molecule has 0 heterocycles. The van der Waals surface area contributed by atoms with Gasteiger partial charge in [-0.25, -0.2) is 0 Å². The molecule has 0 aliphatic carbocycles. The zero-order chi connectivity index (χ0) is 12.8. The third-order valence-electron chi connectivity index (χ3n) is 3.08. The van der Waals surface area contributed by atoms with Gasteiger partial charge in [-0.05, 0) is 45.9 Å². The summed E-state index contributed by atoms with van der Waals surface area (Å²) in [5, 5.41) is 0. The SMILES string of the molecule is CC/N=C(\C)c1ccc(CN(C)C(C)C)cc1. The fourth-order valence-corrected chi connectivity index (χ4v) is 1.65. The fourth-order valence-electron chi connectivity index (χ4n) is 1.65. The number of hydrogen-bond acceptors (Lipinski definition) is 2. The monoisotopic (exact) mass is 232 g/mol. The van der Waals surface area contributed by atoms with E-state index in [1.807, 2.05) is 0 Å². The Hall–Kier alpha value is -1.15. The molecule has 0 unspecified atom stereocenters. The van der Waals surface area contributed by atoms with Crippen molar-refractivity contribution in [1.82, 2.24) is 4.90 Å². The number of aliphatic imine (C=N–C) groups is 1. The van der Waals surface area contributed by atoms with Crippen LogP contribution in [0.5, 0.6) is 0 Å². The van der Waals surface area contributed by atoms with E-state index in [1.54, 1.807) is 0 Å². The zero-order valence-electron chi connectivity index (χ0n) is 11.7. The highest BCUT2D eigenvalue weighted by Gasteiger charge is 2.04. The van der Waals surface area contributed by atoms with Crippen LogP contribution in [-0.4, -0.2) is 30.2 Å². The lowest BCUT2D eigenvalue weighted by atomic mass is 10.1. The van der Waals surface area contributed by atoms with Crippen molar-refractivity contribution in [2.45, 2.75) is 40.3 Å². The van der Waals surface area contributed by atoms with Gasteiger partial charge in [-0.2, -0.15) is 0 Å². The highest BCUT2D eigenvalue weighted by atomic mass is 15.1. The van der Waals surface area contributed by atoms with Crippen LogP contribution in [0.4, 0.5) is 0 Å². The highest BCUT2D eigenvalue weighted by Crippen LogP contribution is 2.09. The summed E-state index contributed by atoms with van der Waals surface area (Å²) in [6.07, 6.45) is 0. The van der Waals surface area contributed by atoms with Gasteiger partial charge in [0.25, 0.3) is 0 Å². The van der Waals surface area contributed by atoms with Crippen molar-refractivity contribution in [3.8, 4) is 0 Å². The van der Waals surface area contributed by atoms with Gasteiger partial charge in [-0.1, -0.05) is 24.3 Å². The Morgan fingerprint density at radius 3 is 2.29 bits per heavy atom. The first kappa shape index (κ1) is 13.9. The maximum atomic E-state index is 4.42. The Balaban J connectivity index is 2.71. The second kappa shape index (κ2) is 6.55. The fraction of sp³-hybridized carbons (Fsp3) is 0.533. The van der Waals surface area contributed by atoms with Crippen LogP contribution in [0.1, 0.15) is 38.8 Å². The lowest BCUT2D eigenvalue weighted by Gasteiger charge is -2.21. The molecule has 0 saturated heterocycles. The molecule has 17 heavy (non-hydrogen) atoms. The lowest BCUT2D eigenvalue weighted by Crippen LogP contribution is -2.25. The minimum atomic E-state index is 0.582. The molecule has 2 heteroatoms. The average molecular weight is 232 g/mol. The van der Waals surface area contributed by atoms with E-state index in [-0.39, 0.29) is 0 Å². The minimum absolute atomic E-state index is 0.582. The molecule has 0 bridgehead atoms. The van der Waals surface area contributed by atoms with Gasteiger partial charge in [0.1, 0.15) is 0 Å². The number of benzene rings is 1. The average Bonchev–Trinajstić information content (AvgIpc) is 2.30. The molecule has 94 valence electrons. The van der Waals surface area contributed by atoms with Crippen LogP contribution in [0.3, 0.4) is 0 Å². The van der Waals surface area contributed by atoms with Gasteiger partial charge in [0, 0.05) is 24.8 Å². The van der Waals surface area contributed by atoms with Crippen molar-refractivity contribution < 1.29 is 0 Å². The van der Waals surface area contributed by atoms with Gasteiger partial charge < -0.3 is 0 Å². The molecule has 2 nitrogen and oxygen atoms in total. The molecule has 1 aromatic carbocycles. The van der Waals surface area contributed by atoms with Crippen molar-refractivity contribution in [3.05, 3.63) is 35.4 Å². The molecule has 0 fully saturated rings. The van der Waals surface area contributed by atoms with Gasteiger partial charge in [0.05, 0.1) is 0 Å². The van der Waals surface area contributed by atoms with Crippen molar-refractivity contribution >= 4 is 5.71 Å². The van der Waals surface area contributed by atoms with E-state index in [2.05, 4.69) is 68.9 Å². The standard InChI is InChI=1S/C15H24N2/c1-6-16-13(4)15-9-7-14(8-10-15)11-17(5)12(2)3/h7-10,12H,6,11H2,1-5H3/b16-13+. The molecule has 0 aliphatic heterocycles.